The van der Waals surface area contributed by atoms with Crippen LogP contribution in [-0.2, 0) is 20.9 Å². The molecule has 3 amide bonds. The number of fused-ring (bicyclic) bond motifs is 4. The zero-order valence-corrected chi connectivity index (χ0v) is 37.6. The van der Waals surface area contributed by atoms with Gasteiger partial charge in [-0.15, -0.1) is 0 Å². The van der Waals surface area contributed by atoms with Crippen LogP contribution in [-0.4, -0.2) is 93.6 Å². The molecule has 3 aliphatic rings. The van der Waals surface area contributed by atoms with E-state index in [2.05, 4.69) is 32.4 Å². The highest BCUT2D eigenvalue weighted by molar-refractivity contribution is 6.00. The van der Waals surface area contributed by atoms with Crippen molar-refractivity contribution in [3.8, 4) is 39.8 Å². The summed E-state index contributed by atoms with van der Waals surface area (Å²) in [5.41, 5.74) is 14.4. The molecule has 64 heavy (non-hydrogen) atoms. The summed E-state index contributed by atoms with van der Waals surface area (Å²) >= 11 is 0. The summed E-state index contributed by atoms with van der Waals surface area (Å²) in [5, 5.41) is 2.71. The van der Waals surface area contributed by atoms with Gasteiger partial charge in [0.15, 0.2) is 6.10 Å². The number of nitrogens with one attached hydrogen (secondary N) is 3. The molecule has 15 heteroatoms. The first-order chi connectivity index (χ1) is 30.9. The lowest BCUT2D eigenvalue weighted by Crippen LogP contribution is -2.51. The Morgan fingerprint density at radius 1 is 0.938 bits per heavy atom. The summed E-state index contributed by atoms with van der Waals surface area (Å²) in [5.74, 6) is 3.16. The first kappa shape index (κ1) is 44.0. The fourth-order valence-corrected chi connectivity index (χ4v) is 8.86. The number of likely N-dealkylation sites (tertiary alicyclic amines) is 1. The Morgan fingerprint density at radius 3 is 2.39 bits per heavy atom. The predicted molar refractivity (Wildman–Crippen MR) is 243 cm³/mol. The van der Waals surface area contributed by atoms with Crippen molar-refractivity contribution in [1.29, 1.82) is 0 Å². The van der Waals surface area contributed by atoms with E-state index in [9.17, 15) is 14.4 Å². The van der Waals surface area contributed by atoms with Crippen LogP contribution in [0.15, 0.2) is 73.1 Å². The maximum absolute atomic E-state index is 13.8. The molecule has 5 aromatic rings. The number of benzene rings is 3. The number of ether oxygens (including phenoxy) is 4. The van der Waals surface area contributed by atoms with Gasteiger partial charge in [0.2, 0.25) is 11.8 Å². The third-order valence-corrected chi connectivity index (χ3v) is 12.4. The second-order valence-electron chi connectivity index (χ2n) is 17.4. The molecule has 4 unspecified atom stereocenters. The van der Waals surface area contributed by atoms with Gasteiger partial charge < -0.3 is 49.8 Å². The van der Waals surface area contributed by atoms with E-state index < -0.39 is 24.3 Å². The SMILES string of the molecule is CCCN(Cc1ncc(-c2ccc3c(c2)OC(c2cccc(OC)c2)C2=C3COc3cc(-c4cnc(C5CCCN5C(=O)C(NC(=O)OC)C(C)C)[nH]4)ccc32)[nH]1)C(=O)C(N)C(C)C. The Morgan fingerprint density at radius 2 is 1.67 bits per heavy atom. The summed E-state index contributed by atoms with van der Waals surface area (Å²) < 4.78 is 24.0. The molecule has 2 aromatic heterocycles. The molecule has 336 valence electrons. The van der Waals surface area contributed by atoms with Crippen molar-refractivity contribution in [2.24, 2.45) is 17.6 Å². The number of carbonyl (C=O) groups is 3. The number of nitrogens with two attached hydrogens (primary N) is 1. The van der Waals surface area contributed by atoms with Crippen molar-refractivity contribution in [2.45, 2.75) is 84.7 Å². The predicted octanol–water partition coefficient (Wildman–Crippen LogP) is 7.68. The fraction of sp³-hybridized carbons (Fsp3) is 0.408. The lowest BCUT2D eigenvalue weighted by molar-refractivity contribution is -0.135. The van der Waals surface area contributed by atoms with Gasteiger partial charge in [-0.2, -0.15) is 0 Å². The van der Waals surface area contributed by atoms with E-state index in [4.69, 9.17) is 29.7 Å². The quantitative estimate of drug-likeness (QED) is 0.0862. The summed E-state index contributed by atoms with van der Waals surface area (Å²) in [4.78, 5) is 59.0. The van der Waals surface area contributed by atoms with E-state index in [1.54, 1.807) is 29.3 Å². The highest BCUT2D eigenvalue weighted by Crippen LogP contribution is 2.52. The van der Waals surface area contributed by atoms with Crippen LogP contribution < -0.4 is 25.3 Å². The zero-order valence-electron chi connectivity index (χ0n) is 37.6. The second kappa shape index (κ2) is 18.6. The van der Waals surface area contributed by atoms with Crippen LogP contribution in [0.2, 0.25) is 0 Å². The van der Waals surface area contributed by atoms with Crippen LogP contribution in [0.25, 0.3) is 33.7 Å². The number of amides is 3. The van der Waals surface area contributed by atoms with Gasteiger partial charge in [0.05, 0.1) is 56.6 Å². The molecule has 0 aliphatic carbocycles. The van der Waals surface area contributed by atoms with Gasteiger partial charge in [-0.1, -0.05) is 71.0 Å². The molecule has 8 rings (SSSR count). The Bertz CT molecular complexity index is 2560. The molecule has 1 saturated heterocycles. The normalized spacial score (nSPS) is 17.5. The van der Waals surface area contributed by atoms with Gasteiger partial charge in [0.25, 0.3) is 0 Å². The number of hydrogen-bond acceptors (Lipinski definition) is 10. The van der Waals surface area contributed by atoms with Gasteiger partial charge in [0.1, 0.15) is 41.5 Å². The third-order valence-electron chi connectivity index (χ3n) is 12.4. The Hall–Kier alpha value is -6.61. The molecule has 5 N–H and O–H groups in total. The summed E-state index contributed by atoms with van der Waals surface area (Å²) in [7, 11) is 2.94. The molecule has 0 spiro atoms. The van der Waals surface area contributed by atoms with Gasteiger partial charge in [-0.05, 0) is 55.4 Å². The highest BCUT2D eigenvalue weighted by Gasteiger charge is 2.39. The minimum Gasteiger partial charge on any atom is -0.497 e. The van der Waals surface area contributed by atoms with Crippen molar-refractivity contribution in [2.75, 3.05) is 33.9 Å². The zero-order chi connectivity index (χ0) is 45.2. The van der Waals surface area contributed by atoms with E-state index in [1.807, 2.05) is 83.1 Å². The standard InChI is InChI=1S/C49H58N8O7/c1-8-18-56(47(58)43(50)27(2)3)25-41-51-23-36(53-41)30-14-16-33-35-26-63-39-21-29(15-17-34(39)42(35)45(64-40(33)22-30)31-11-9-12-32(20-31)61-6)37-24-52-46(54-37)38-13-10-19-57(38)48(59)44(28(4)5)55-49(60)62-7/h9,11-12,14-17,20-24,27-28,38,43-45H,8,10,13,18-19,25-26,50H2,1-7H3,(H,51,53)(H,52,54)(H,55,60). The van der Waals surface area contributed by atoms with Crippen molar-refractivity contribution in [1.82, 2.24) is 35.1 Å². The monoisotopic (exact) mass is 870 g/mol. The largest absolute Gasteiger partial charge is 0.497 e. The molecule has 1 fully saturated rings. The third kappa shape index (κ3) is 8.68. The molecule has 3 aliphatic heterocycles. The maximum atomic E-state index is 13.8. The van der Waals surface area contributed by atoms with Crippen LogP contribution in [0.3, 0.4) is 0 Å². The number of hydrogen-bond donors (Lipinski definition) is 4. The lowest BCUT2D eigenvalue weighted by Gasteiger charge is -2.35. The molecule has 5 heterocycles. The van der Waals surface area contributed by atoms with Crippen LogP contribution >= 0.6 is 0 Å². The Kier molecular flexibility index (Phi) is 12.8. The summed E-state index contributed by atoms with van der Waals surface area (Å²) in [6, 6.07) is 18.7. The van der Waals surface area contributed by atoms with Crippen LogP contribution in [0.1, 0.15) is 94.4 Å². The van der Waals surface area contributed by atoms with Gasteiger partial charge >= 0.3 is 6.09 Å². The first-order valence-electron chi connectivity index (χ1n) is 22.1. The van der Waals surface area contributed by atoms with Crippen LogP contribution in [0, 0.1) is 11.8 Å². The first-order valence-corrected chi connectivity index (χ1v) is 22.1. The van der Waals surface area contributed by atoms with Crippen LogP contribution in [0.4, 0.5) is 4.79 Å². The Labute approximate surface area is 373 Å². The molecular formula is C49H58N8O7. The molecular weight excluding hydrogens is 813 g/mol. The van der Waals surface area contributed by atoms with Gasteiger partial charge in [-0.25, -0.2) is 14.8 Å². The van der Waals surface area contributed by atoms with Crippen LogP contribution in [0.5, 0.6) is 17.2 Å². The van der Waals surface area contributed by atoms with E-state index >= 15 is 0 Å². The maximum Gasteiger partial charge on any atom is 0.407 e. The topological polar surface area (TPSA) is 190 Å². The molecule has 0 radical (unpaired) electrons. The number of imidazole rings is 2. The summed E-state index contributed by atoms with van der Waals surface area (Å²) in [6.45, 7) is 11.6. The highest BCUT2D eigenvalue weighted by atomic mass is 16.5. The molecule has 3 aromatic carbocycles. The number of rotatable bonds is 14. The molecule has 0 saturated carbocycles. The van der Waals surface area contributed by atoms with E-state index in [0.29, 0.717) is 49.4 Å². The number of aromatic nitrogens is 4. The number of nitrogens with zero attached hydrogens (tertiary/aromatic N) is 4. The van der Waals surface area contributed by atoms with E-state index in [-0.39, 0.29) is 29.7 Å². The van der Waals surface area contributed by atoms with Gasteiger partial charge in [0, 0.05) is 52.1 Å². The van der Waals surface area contributed by atoms with E-state index in [1.165, 1.54) is 7.11 Å². The van der Waals surface area contributed by atoms with Gasteiger partial charge in [-0.3, -0.25) is 9.59 Å². The fourth-order valence-electron chi connectivity index (χ4n) is 8.86. The number of alkyl carbamates (subject to hydrolysis) is 1. The molecule has 4 atom stereocenters. The minimum atomic E-state index is -0.719. The smallest absolute Gasteiger partial charge is 0.407 e. The van der Waals surface area contributed by atoms with Crippen molar-refractivity contribution in [3.05, 3.63) is 101 Å². The number of carbonyl (C=O) groups excluding carboxylic acids is 3. The molecule has 15 nitrogen and oxygen atoms in total. The summed E-state index contributed by atoms with van der Waals surface area (Å²) in [6.07, 6.45) is 4.84. The average molecular weight is 871 g/mol. The van der Waals surface area contributed by atoms with Crippen molar-refractivity contribution < 1.29 is 33.3 Å². The average Bonchev–Trinajstić information content (AvgIpc) is 4.11. The number of aromatic amines is 2. The Balaban J connectivity index is 1.09. The number of methoxy groups -OCH3 is 2. The second-order valence-corrected chi connectivity index (χ2v) is 17.4. The van der Waals surface area contributed by atoms with E-state index in [0.717, 1.165) is 75.4 Å². The molecule has 0 bridgehead atoms. The van der Waals surface area contributed by atoms with Crippen molar-refractivity contribution in [3.63, 3.8) is 0 Å². The minimum absolute atomic E-state index is 0.0283. The van der Waals surface area contributed by atoms with Crippen molar-refractivity contribution >= 4 is 29.1 Å². The lowest BCUT2D eigenvalue weighted by atomic mass is 9.83. The number of H-pyrrole nitrogens is 2.